The normalized spacial score (nSPS) is 9.92. The Kier molecular flexibility index (Phi) is 1.18. The average molecular weight is 160 g/mol. The van der Waals surface area contributed by atoms with Crippen LogP contribution in [0.1, 0.15) is 5.82 Å². The number of rotatable bonds is 0. The molecule has 0 amide bonds. The van der Waals surface area contributed by atoms with E-state index in [0.29, 0.717) is 11.2 Å². The first-order valence-corrected chi connectivity index (χ1v) is 3.18. The van der Waals surface area contributed by atoms with Gasteiger partial charge in [-0.05, 0) is 0 Å². The zero-order valence-electron chi connectivity index (χ0n) is 5.94. The smallest absolute Gasteiger partial charge is 0.236 e. The number of nitrogens with two attached hydrogens (primary N) is 1. The van der Waals surface area contributed by atoms with E-state index in [0.717, 1.165) is 0 Å². The molecule has 0 aliphatic rings. The molecule has 0 saturated heterocycles. The standard InChI is InChI=1S/C6H4N6/c7-1-3-11-5(8)4-6(12-3)10-2-9-4/h2H,(H3,8,9,10,11,12). The minimum absolute atomic E-state index is 0.0344. The summed E-state index contributed by atoms with van der Waals surface area (Å²) in [6, 6.07) is 1.79. The number of aromatic amines is 1. The number of hydrogen-bond donors (Lipinski definition) is 2. The van der Waals surface area contributed by atoms with Crippen LogP contribution in [-0.2, 0) is 0 Å². The van der Waals surface area contributed by atoms with Gasteiger partial charge in [0.25, 0.3) is 0 Å². The molecule has 0 aromatic carbocycles. The third kappa shape index (κ3) is 0.769. The number of nitrogen functional groups attached to an aromatic ring is 1. The van der Waals surface area contributed by atoms with Gasteiger partial charge in [0.2, 0.25) is 5.82 Å². The number of nitrogens with one attached hydrogen (secondary N) is 1. The molecule has 0 bridgehead atoms. The Morgan fingerprint density at radius 1 is 1.50 bits per heavy atom. The van der Waals surface area contributed by atoms with E-state index in [4.69, 9.17) is 11.0 Å². The molecule has 6 heteroatoms. The lowest BCUT2D eigenvalue weighted by molar-refractivity contribution is 1.15. The van der Waals surface area contributed by atoms with Gasteiger partial charge in [-0.15, -0.1) is 0 Å². The van der Waals surface area contributed by atoms with E-state index in [9.17, 15) is 0 Å². The Bertz CT molecular complexity index is 464. The highest BCUT2D eigenvalue weighted by atomic mass is 15.0. The molecule has 0 saturated carbocycles. The lowest BCUT2D eigenvalue weighted by atomic mass is 10.5. The number of H-pyrrole nitrogens is 1. The average Bonchev–Trinajstić information content (AvgIpc) is 2.52. The summed E-state index contributed by atoms with van der Waals surface area (Å²) in [5, 5.41) is 8.49. The first-order chi connectivity index (χ1) is 5.81. The van der Waals surface area contributed by atoms with Crippen molar-refractivity contribution in [3.63, 3.8) is 0 Å². The van der Waals surface area contributed by atoms with Gasteiger partial charge in [-0.2, -0.15) is 15.2 Å². The third-order valence-corrected chi connectivity index (χ3v) is 1.41. The van der Waals surface area contributed by atoms with Gasteiger partial charge in [0.1, 0.15) is 11.6 Å². The highest BCUT2D eigenvalue weighted by Gasteiger charge is 2.05. The monoisotopic (exact) mass is 160 g/mol. The Morgan fingerprint density at radius 3 is 3.08 bits per heavy atom. The molecule has 0 radical (unpaired) electrons. The molecule has 2 aromatic heterocycles. The summed E-state index contributed by atoms with van der Waals surface area (Å²) in [5.74, 6) is 0.279. The molecule has 2 aromatic rings. The van der Waals surface area contributed by atoms with Crippen LogP contribution >= 0.6 is 0 Å². The molecule has 0 atom stereocenters. The highest BCUT2D eigenvalue weighted by molar-refractivity contribution is 5.81. The summed E-state index contributed by atoms with van der Waals surface area (Å²) in [7, 11) is 0. The number of nitrogens with zero attached hydrogens (tertiary/aromatic N) is 4. The van der Waals surface area contributed by atoms with Crippen molar-refractivity contribution < 1.29 is 0 Å². The van der Waals surface area contributed by atoms with Crippen molar-refractivity contribution in [1.29, 1.82) is 5.26 Å². The summed E-state index contributed by atoms with van der Waals surface area (Å²) in [6.45, 7) is 0. The first-order valence-electron chi connectivity index (χ1n) is 3.18. The summed E-state index contributed by atoms with van der Waals surface area (Å²) in [4.78, 5) is 14.2. The van der Waals surface area contributed by atoms with Gasteiger partial charge in [-0.25, -0.2) is 4.98 Å². The predicted molar refractivity (Wildman–Crippen MR) is 40.8 cm³/mol. The van der Waals surface area contributed by atoms with Gasteiger partial charge in [0, 0.05) is 0 Å². The zero-order valence-corrected chi connectivity index (χ0v) is 5.94. The Balaban J connectivity index is 2.86. The quantitative estimate of drug-likeness (QED) is 0.555. The lowest BCUT2D eigenvalue weighted by Gasteiger charge is -1.92. The maximum atomic E-state index is 8.49. The molecular weight excluding hydrogens is 156 g/mol. The Hall–Kier alpha value is -2.16. The van der Waals surface area contributed by atoms with Crippen LogP contribution in [0.5, 0.6) is 0 Å². The van der Waals surface area contributed by atoms with Gasteiger partial charge in [0.15, 0.2) is 11.5 Å². The minimum atomic E-state index is 0.0344. The van der Waals surface area contributed by atoms with E-state index >= 15 is 0 Å². The van der Waals surface area contributed by atoms with Gasteiger partial charge >= 0.3 is 0 Å². The second-order valence-corrected chi connectivity index (χ2v) is 2.15. The topological polar surface area (TPSA) is 104 Å². The fourth-order valence-electron chi connectivity index (χ4n) is 0.906. The molecule has 58 valence electrons. The molecule has 0 aliphatic heterocycles. The second-order valence-electron chi connectivity index (χ2n) is 2.15. The van der Waals surface area contributed by atoms with Crippen molar-refractivity contribution in [3.8, 4) is 6.07 Å². The van der Waals surface area contributed by atoms with Crippen LogP contribution in [0, 0.1) is 11.3 Å². The number of hydrogen-bond acceptors (Lipinski definition) is 5. The number of aromatic nitrogens is 4. The maximum Gasteiger partial charge on any atom is 0.236 e. The van der Waals surface area contributed by atoms with Crippen molar-refractivity contribution in [2.75, 3.05) is 5.73 Å². The fourth-order valence-corrected chi connectivity index (χ4v) is 0.906. The van der Waals surface area contributed by atoms with Crippen molar-refractivity contribution in [2.24, 2.45) is 0 Å². The molecule has 3 N–H and O–H groups in total. The largest absolute Gasteiger partial charge is 0.382 e. The van der Waals surface area contributed by atoms with Gasteiger partial charge in [-0.3, -0.25) is 0 Å². The fraction of sp³-hybridized carbons (Fsp3) is 0. The molecule has 6 nitrogen and oxygen atoms in total. The van der Waals surface area contributed by atoms with Crippen molar-refractivity contribution in [2.45, 2.75) is 0 Å². The van der Waals surface area contributed by atoms with E-state index in [1.54, 1.807) is 6.07 Å². The summed E-state index contributed by atoms with van der Waals surface area (Å²) >= 11 is 0. The predicted octanol–water partition coefficient (Wildman–Crippen LogP) is -0.193. The Morgan fingerprint density at radius 2 is 2.33 bits per heavy atom. The Labute approximate surface area is 67.1 Å². The molecule has 0 spiro atoms. The molecule has 0 aliphatic carbocycles. The summed E-state index contributed by atoms with van der Waals surface area (Å²) in [6.07, 6.45) is 1.46. The molecular formula is C6H4N6. The first kappa shape index (κ1) is 6.54. The lowest BCUT2D eigenvalue weighted by Crippen LogP contribution is -1.97. The van der Waals surface area contributed by atoms with Crippen LogP contribution in [0.4, 0.5) is 5.82 Å². The van der Waals surface area contributed by atoms with Crippen LogP contribution in [0.15, 0.2) is 6.33 Å². The van der Waals surface area contributed by atoms with Crippen LogP contribution in [0.3, 0.4) is 0 Å². The van der Waals surface area contributed by atoms with Crippen molar-refractivity contribution in [1.82, 2.24) is 19.9 Å². The van der Waals surface area contributed by atoms with E-state index in [-0.39, 0.29) is 11.6 Å². The third-order valence-electron chi connectivity index (χ3n) is 1.41. The zero-order chi connectivity index (χ0) is 8.55. The van der Waals surface area contributed by atoms with E-state index in [2.05, 4.69) is 19.9 Å². The second kappa shape index (κ2) is 2.17. The van der Waals surface area contributed by atoms with Crippen LogP contribution < -0.4 is 5.73 Å². The van der Waals surface area contributed by atoms with E-state index in [1.807, 2.05) is 0 Å². The molecule has 2 heterocycles. The van der Waals surface area contributed by atoms with Gasteiger partial charge < -0.3 is 10.7 Å². The van der Waals surface area contributed by atoms with Crippen molar-refractivity contribution >= 4 is 17.0 Å². The number of nitriles is 1. The number of anilines is 1. The molecule has 12 heavy (non-hydrogen) atoms. The molecule has 2 rings (SSSR count). The van der Waals surface area contributed by atoms with E-state index < -0.39 is 0 Å². The van der Waals surface area contributed by atoms with Gasteiger partial charge in [0.05, 0.1) is 6.33 Å². The van der Waals surface area contributed by atoms with Crippen LogP contribution in [0.25, 0.3) is 11.2 Å². The summed E-state index contributed by atoms with van der Waals surface area (Å²) < 4.78 is 0. The maximum absolute atomic E-state index is 8.49. The highest BCUT2D eigenvalue weighted by Crippen LogP contribution is 2.11. The van der Waals surface area contributed by atoms with Crippen molar-refractivity contribution in [3.05, 3.63) is 12.2 Å². The SMILES string of the molecule is N#Cc1nc(N)c2[nH]cnc2n1. The molecule has 0 unspecified atom stereocenters. The number of imidazole rings is 1. The summed E-state index contributed by atoms with van der Waals surface area (Å²) in [5.41, 5.74) is 6.48. The van der Waals surface area contributed by atoms with Gasteiger partial charge in [-0.1, -0.05) is 0 Å². The minimum Gasteiger partial charge on any atom is -0.382 e. The van der Waals surface area contributed by atoms with E-state index in [1.165, 1.54) is 6.33 Å². The molecule has 0 fully saturated rings. The number of fused-ring (bicyclic) bond motifs is 1. The van der Waals surface area contributed by atoms with Crippen LogP contribution in [-0.4, -0.2) is 19.9 Å². The van der Waals surface area contributed by atoms with Crippen LogP contribution in [0.2, 0.25) is 0 Å².